The maximum Gasteiger partial charge on any atom is 0.340 e. The van der Waals surface area contributed by atoms with E-state index in [2.05, 4.69) is 9.72 Å². The molecule has 5 heteroatoms. The smallest absolute Gasteiger partial charge is 0.340 e. The van der Waals surface area contributed by atoms with Crippen molar-refractivity contribution in [1.82, 2.24) is 4.98 Å². The molecule has 0 radical (unpaired) electrons. The Balaban J connectivity index is 2.48. The minimum atomic E-state index is -0.713. The zero-order valence-electron chi connectivity index (χ0n) is 10.5. The van der Waals surface area contributed by atoms with Gasteiger partial charge in [-0.05, 0) is 23.8 Å². The molecule has 98 valence electrons. The molecule has 0 aliphatic carbocycles. The number of esters is 1. The lowest BCUT2D eigenvalue weighted by atomic mass is 10.0. The number of halogens is 1. The van der Waals surface area contributed by atoms with Gasteiger partial charge in [-0.3, -0.25) is 4.98 Å². The highest BCUT2D eigenvalue weighted by atomic mass is 19.1. The fraction of sp³-hybridized carbons (Fsp3) is 0.143. The van der Waals surface area contributed by atoms with Crippen LogP contribution in [0.4, 0.5) is 4.39 Å². The molecule has 0 saturated heterocycles. The quantitative estimate of drug-likeness (QED) is 0.797. The molecule has 0 bridgehead atoms. The molecule has 1 aromatic carbocycles. The Hall–Kier alpha value is -2.43. The Kier molecular flexibility index (Phi) is 3.75. The molecule has 4 nitrogen and oxygen atoms in total. The van der Waals surface area contributed by atoms with E-state index in [0.717, 1.165) is 5.56 Å². The number of carbonyl (C=O) groups excluding carboxylic acids is 1. The van der Waals surface area contributed by atoms with Gasteiger partial charge in [-0.1, -0.05) is 6.07 Å². The second-order valence-electron chi connectivity index (χ2n) is 3.80. The van der Waals surface area contributed by atoms with Crippen LogP contribution < -0.4 is 4.74 Å². The molecule has 0 aliphatic rings. The minimum absolute atomic E-state index is 0.109. The third kappa shape index (κ3) is 2.70. The molecule has 0 N–H and O–H groups in total. The van der Waals surface area contributed by atoms with Gasteiger partial charge in [0.1, 0.15) is 11.6 Å². The van der Waals surface area contributed by atoms with Crippen LogP contribution in [0.2, 0.25) is 0 Å². The molecule has 0 amide bonds. The Morgan fingerprint density at radius 3 is 2.63 bits per heavy atom. The van der Waals surface area contributed by atoms with Gasteiger partial charge in [0.05, 0.1) is 26.0 Å². The van der Waals surface area contributed by atoms with Crippen LogP contribution in [0.15, 0.2) is 36.7 Å². The van der Waals surface area contributed by atoms with Gasteiger partial charge < -0.3 is 9.47 Å². The van der Waals surface area contributed by atoms with Crippen molar-refractivity contribution in [2.45, 2.75) is 0 Å². The van der Waals surface area contributed by atoms with Gasteiger partial charge in [-0.2, -0.15) is 0 Å². The minimum Gasteiger partial charge on any atom is -0.495 e. The van der Waals surface area contributed by atoms with Crippen LogP contribution in [0.1, 0.15) is 10.4 Å². The Morgan fingerprint density at radius 1 is 1.16 bits per heavy atom. The highest BCUT2D eigenvalue weighted by Gasteiger charge is 2.13. The van der Waals surface area contributed by atoms with E-state index in [4.69, 9.17) is 4.74 Å². The molecule has 2 rings (SSSR count). The maximum absolute atomic E-state index is 13.5. The molecular formula is C14H12FNO3. The molecule has 0 atom stereocenters. The Morgan fingerprint density at radius 2 is 1.95 bits per heavy atom. The molecule has 0 saturated carbocycles. The van der Waals surface area contributed by atoms with E-state index in [1.807, 2.05) is 0 Å². The van der Waals surface area contributed by atoms with Gasteiger partial charge in [0.15, 0.2) is 0 Å². The van der Waals surface area contributed by atoms with Crippen LogP contribution in [-0.2, 0) is 4.74 Å². The number of ether oxygens (including phenoxy) is 2. The second kappa shape index (κ2) is 5.48. The van der Waals surface area contributed by atoms with Gasteiger partial charge in [0, 0.05) is 11.8 Å². The molecule has 0 fully saturated rings. The van der Waals surface area contributed by atoms with Crippen LogP contribution in [0.5, 0.6) is 5.75 Å². The number of benzene rings is 1. The lowest BCUT2D eigenvalue weighted by Gasteiger charge is -2.06. The van der Waals surface area contributed by atoms with Crippen molar-refractivity contribution < 1.29 is 18.7 Å². The zero-order chi connectivity index (χ0) is 13.8. The third-order valence-electron chi connectivity index (χ3n) is 2.65. The van der Waals surface area contributed by atoms with E-state index in [-0.39, 0.29) is 5.56 Å². The van der Waals surface area contributed by atoms with Crippen LogP contribution in [0, 0.1) is 5.82 Å². The number of hydrogen-bond acceptors (Lipinski definition) is 4. The first-order chi connectivity index (χ1) is 9.15. The third-order valence-corrected chi connectivity index (χ3v) is 2.65. The van der Waals surface area contributed by atoms with Gasteiger partial charge in [-0.25, -0.2) is 9.18 Å². The summed E-state index contributed by atoms with van der Waals surface area (Å²) in [6.07, 6.45) is 3.17. The van der Waals surface area contributed by atoms with E-state index >= 15 is 0 Å². The van der Waals surface area contributed by atoms with E-state index in [9.17, 15) is 9.18 Å². The highest BCUT2D eigenvalue weighted by Crippen LogP contribution is 2.24. The van der Waals surface area contributed by atoms with Crippen LogP contribution in [-0.4, -0.2) is 25.2 Å². The number of pyridine rings is 1. The van der Waals surface area contributed by atoms with Crippen LogP contribution in [0.3, 0.4) is 0 Å². The summed E-state index contributed by atoms with van der Waals surface area (Å²) in [7, 11) is 2.74. The number of methoxy groups -OCH3 is 2. The molecule has 19 heavy (non-hydrogen) atoms. The van der Waals surface area contributed by atoms with Gasteiger partial charge in [0.25, 0.3) is 0 Å². The van der Waals surface area contributed by atoms with E-state index in [1.54, 1.807) is 24.5 Å². The average Bonchev–Trinajstić information content (AvgIpc) is 2.47. The summed E-state index contributed by atoms with van der Waals surface area (Å²) in [5.74, 6) is -0.747. The summed E-state index contributed by atoms with van der Waals surface area (Å²) >= 11 is 0. The fourth-order valence-electron chi connectivity index (χ4n) is 1.66. The van der Waals surface area contributed by atoms with Crippen molar-refractivity contribution in [3.05, 3.63) is 48.0 Å². The number of carbonyl (C=O) groups is 1. The van der Waals surface area contributed by atoms with Crippen molar-refractivity contribution in [3.8, 4) is 16.9 Å². The first-order valence-electron chi connectivity index (χ1n) is 5.53. The highest BCUT2D eigenvalue weighted by molar-refractivity contribution is 5.91. The van der Waals surface area contributed by atoms with Gasteiger partial charge in [0.2, 0.25) is 0 Å². The maximum atomic E-state index is 13.5. The Labute approximate surface area is 109 Å². The largest absolute Gasteiger partial charge is 0.495 e. The average molecular weight is 261 g/mol. The van der Waals surface area contributed by atoms with Crippen molar-refractivity contribution in [2.24, 2.45) is 0 Å². The van der Waals surface area contributed by atoms with Crippen molar-refractivity contribution in [3.63, 3.8) is 0 Å². The molecular weight excluding hydrogens is 249 g/mol. The number of rotatable bonds is 3. The van der Waals surface area contributed by atoms with Gasteiger partial charge >= 0.3 is 5.97 Å². The monoisotopic (exact) mass is 261 g/mol. The van der Waals surface area contributed by atoms with E-state index < -0.39 is 11.8 Å². The van der Waals surface area contributed by atoms with Gasteiger partial charge in [-0.15, -0.1) is 0 Å². The SMILES string of the molecule is COC(=O)c1cc(-c2cncc(OC)c2)ccc1F. The van der Waals surface area contributed by atoms with Crippen LogP contribution >= 0.6 is 0 Å². The topological polar surface area (TPSA) is 48.4 Å². The fourth-order valence-corrected chi connectivity index (χ4v) is 1.66. The predicted octanol–water partition coefficient (Wildman–Crippen LogP) is 2.68. The Bertz CT molecular complexity index is 613. The first kappa shape index (κ1) is 13.0. The van der Waals surface area contributed by atoms with E-state index in [1.165, 1.54) is 26.4 Å². The predicted molar refractivity (Wildman–Crippen MR) is 67.5 cm³/mol. The zero-order valence-corrected chi connectivity index (χ0v) is 10.5. The normalized spacial score (nSPS) is 10.1. The summed E-state index contributed by atoms with van der Waals surface area (Å²) in [5, 5.41) is 0. The number of aromatic nitrogens is 1. The second-order valence-corrected chi connectivity index (χ2v) is 3.80. The lowest BCUT2D eigenvalue weighted by molar-refractivity contribution is 0.0595. The number of nitrogens with zero attached hydrogens (tertiary/aromatic N) is 1. The van der Waals surface area contributed by atoms with Crippen molar-refractivity contribution >= 4 is 5.97 Å². The summed E-state index contributed by atoms with van der Waals surface area (Å²) in [6.45, 7) is 0. The number of hydrogen-bond donors (Lipinski definition) is 0. The summed E-state index contributed by atoms with van der Waals surface area (Å²) in [6, 6.07) is 5.97. The summed E-state index contributed by atoms with van der Waals surface area (Å²) < 4.78 is 23.1. The van der Waals surface area contributed by atoms with Crippen molar-refractivity contribution in [2.75, 3.05) is 14.2 Å². The molecule has 1 heterocycles. The molecule has 1 aromatic heterocycles. The molecule has 0 aliphatic heterocycles. The van der Waals surface area contributed by atoms with Crippen LogP contribution in [0.25, 0.3) is 11.1 Å². The molecule has 0 spiro atoms. The molecule has 0 unspecified atom stereocenters. The van der Waals surface area contributed by atoms with E-state index in [0.29, 0.717) is 11.3 Å². The standard InChI is InChI=1S/C14H12FNO3/c1-18-11-5-10(7-16-8-11)9-3-4-13(15)12(6-9)14(17)19-2/h3-8H,1-2H3. The molecule has 2 aromatic rings. The first-order valence-corrected chi connectivity index (χ1v) is 5.53. The summed E-state index contributed by atoms with van der Waals surface area (Å²) in [5.41, 5.74) is 1.28. The summed E-state index contributed by atoms with van der Waals surface area (Å²) in [4.78, 5) is 15.5. The lowest BCUT2D eigenvalue weighted by Crippen LogP contribution is -2.04. The van der Waals surface area contributed by atoms with Crippen molar-refractivity contribution in [1.29, 1.82) is 0 Å².